The predicted octanol–water partition coefficient (Wildman–Crippen LogP) is 3.55. The van der Waals surface area contributed by atoms with Crippen molar-refractivity contribution in [1.29, 1.82) is 0 Å². The summed E-state index contributed by atoms with van der Waals surface area (Å²) in [5.74, 6) is -0.124. The zero-order valence-electron chi connectivity index (χ0n) is 11.4. The van der Waals surface area contributed by atoms with Gasteiger partial charge in [-0.2, -0.15) is 0 Å². The van der Waals surface area contributed by atoms with Crippen LogP contribution in [0.4, 0.5) is 15.8 Å². The van der Waals surface area contributed by atoms with Gasteiger partial charge in [0.15, 0.2) is 0 Å². The first-order valence-corrected chi connectivity index (χ1v) is 6.43. The maximum Gasteiger partial charge on any atom is 0.126 e. The number of halogens is 1. The summed E-state index contributed by atoms with van der Waals surface area (Å²) in [5.41, 5.74) is 2.99. The standard InChI is InChI=1S/C16H19FN2/c1-18-14-7-9-15(10-8-14)19(2)12-11-13-5-3-4-6-16(13)17/h3-10,18H,11-12H2,1-2H3. The molecule has 2 rings (SSSR count). The van der Waals surface area contributed by atoms with E-state index < -0.39 is 0 Å². The molecule has 2 aromatic rings. The second-order valence-electron chi connectivity index (χ2n) is 4.56. The van der Waals surface area contributed by atoms with E-state index in [2.05, 4.69) is 22.3 Å². The number of rotatable bonds is 5. The number of nitrogens with one attached hydrogen (secondary N) is 1. The number of anilines is 2. The Morgan fingerprint density at radius 3 is 2.37 bits per heavy atom. The van der Waals surface area contributed by atoms with Crippen LogP contribution in [0.2, 0.25) is 0 Å². The van der Waals surface area contributed by atoms with E-state index in [1.165, 1.54) is 6.07 Å². The molecule has 0 aliphatic carbocycles. The molecule has 0 aromatic heterocycles. The van der Waals surface area contributed by atoms with E-state index in [0.717, 1.165) is 23.5 Å². The first kappa shape index (κ1) is 13.4. The molecule has 2 nitrogen and oxygen atoms in total. The highest BCUT2D eigenvalue weighted by atomic mass is 19.1. The molecule has 0 unspecified atom stereocenters. The Labute approximate surface area is 113 Å². The molecule has 0 heterocycles. The summed E-state index contributed by atoms with van der Waals surface area (Å²) in [7, 11) is 3.92. The molecule has 0 radical (unpaired) electrons. The Kier molecular flexibility index (Phi) is 4.39. The lowest BCUT2D eigenvalue weighted by Gasteiger charge is -2.19. The van der Waals surface area contributed by atoms with Gasteiger partial charge in [-0.3, -0.25) is 0 Å². The number of likely N-dealkylation sites (N-methyl/N-ethyl adjacent to an activating group) is 1. The monoisotopic (exact) mass is 258 g/mol. The molecule has 19 heavy (non-hydrogen) atoms. The fourth-order valence-electron chi connectivity index (χ4n) is 2.00. The van der Waals surface area contributed by atoms with Crippen LogP contribution < -0.4 is 10.2 Å². The normalized spacial score (nSPS) is 10.3. The van der Waals surface area contributed by atoms with Crippen molar-refractivity contribution >= 4 is 11.4 Å². The summed E-state index contributed by atoms with van der Waals surface area (Å²) >= 11 is 0. The third-order valence-electron chi connectivity index (χ3n) is 3.27. The highest BCUT2D eigenvalue weighted by Crippen LogP contribution is 2.17. The van der Waals surface area contributed by atoms with Crippen molar-refractivity contribution in [2.24, 2.45) is 0 Å². The van der Waals surface area contributed by atoms with Gasteiger partial charge in [0.2, 0.25) is 0 Å². The van der Waals surface area contributed by atoms with Crippen molar-refractivity contribution in [2.75, 3.05) is 30.9 Å². The topological polar surface area (TPSA) is 15.3 Å². The van der Waals surface area contributed by atoms with Gasteiger partial charge < -0.3 is 10.2 Å². The molecule has 3 heteroatoms. The third kappa shape index (κ3) is 3.47. The highest BCUT2D eigenvalue weighted by molar-refractivity contribution is 5.54. The van der Waals surface area contributed by atoms with Crippen molar-refractivity contribution in [3.8, 4) is 0 Å². The average molecular weight is 258 g/mol. The molecule has 1 N–H and O–H groups in total. The second kappa shape index (κ2) is 6.23. The van der Waals surface area contributed by atoms with Gasteiger partial charge in [-0.1, -0.05) is 18.2 Å². The van der Waals surface area contributed by atoms with Gasteiger partial charge in [0.05, 0.1) is 0 Å². The second-order valence-corrected chi connectivity index (χ2v) is 4.56. The molecule has 0 spiro atoms. The largest absolute Gasteiger partial charge is 0.388 e. The lowest BCUT2D eigenvalue weighted by atomic mass is 10.1. The lowest BCUT2D eigenvalue weighted by Crippen LogP contribution is -2.20. The van der Waals surface area contributed by atoms with Gasteiger partial charge in [0, 0.05) is 32.0 Å². The van der Waals surface area contributed by atoms with E-state index in [-0.39, 0.29) is 5.82 Å². The molecule has 2 aromatic carbocycles. The molecule has 0 fully saturated rings. The lowest BCUT2D eigenvalue weighted by molar-refractivity contribution is 0.608. The van der Waals surface area contributed by atoms with E-state index in [1.807, 2.05) is 38.4 Å². The summed E-state index contributed by atoms with van der Waals surface area (Å²) in [6.45, 7) is 0.792. The molecular weight excluding hydrogens is 239 g/mol. The third-order valence-corrected chi connectivity index (χ3v) is 3.27. The molecule has 0 saturated heterocycles. The van der Waals surface area contributed by atoms with Crippen LogP contribution in [0.5, 0.6) is 0 Å². The SMILES string of the molecule is CNc1ccc(N(C)CCc2ccccc2F)cc1. The van der Waals surface area contributed by atoms with Gasteiger partial charge in [0.1, 0.15) is 5.82 Å². The molecule has 0 amide bonds. The van der Waals surface area contributed by atoms with Gasteiger partial charge in [0.25, 0.3) is 0 Å². The van der Waals surface area contributed by atoms with Crippen LogP contribution in [-0.4, -0.2) is 20.6 Å². The molecule has 0 aliphatic rings. The Balaban J connectivity index is 1.97. The molecule has 0 atom stereocenters. The van der Waals surface area contributed by atoms with Gasteiger partial charge in [-0.25, -0.2) is 4.39 Å². The van der Waals surface area contributed by atoms with Crippen LogP contribution in [-0.2, 0) is 6.42 Å². The van der Waals surface area contributed by atoms with Crippen molar-refractivity contribution in [3.63, 3.8) is 0 Å². The van der Waals surface area contributed by atoms with Gasteiger partial charge in [-0.15, -0.1) is 0 Å². The van der Waals surface area contributed by atoms with Crippen LogP contribution in [0.25, 0.3) is 0 Å². The zero-order chi connectivity index (χ0) is 13.7. The maximum atomic E-state index is 13.5. The van der Waals surface area contributed by atoms with Crippen LogP contribution >= 0.6 is 0 Å². The number of hydrogen-bond donors (Lipinski definition) is 1. The number of hydrogen-bond acceptors (Lipinski definition) is 2. The molecular formula is C16H19FN2. The molecule has 0 bridgehead atoms. The highest BCUT2D eigenvalue weighted by Gasteiger charge is 2.04. The van der Waals surface area contributed by atoms with Crippen LogP contribution in [0.15, 0.2) is 48.5 Å². The minimum atomic E-state index is -0.124. The summed E-state index contributed by atoms with van der Waals surface area (Å²) < 4.78 is 13.5. The first-order valence-electron chi connectivity index (χ1n) is 6.43. The van der Waals surface area contributed by atoms with Gasteiger partial charge in [-0.05, 0) is 42.3 Å². The van der Waals surface area contributed by atoms with E-state index in [4.69, 9.17) is 0 Å². The molecule has 100 valence electrons. The minimum absolute atomic E-state index is 0.124. The summed E-state index contributed by atoms with van der Waals surface area (Å²) in [6.07, 6.45) is 0.705. The van der Waals surface area contributed by atoms with Crippen molar-refractivity contribution in [1.82, 2.24) is 0 Å². The Bertz CT molecular complexity index is 523. The fraction of sp³-hybridized carbons (Fsp3) is 0.250. The number of benzene rings is 2. The van der Waals surface area contributed by atoms with E-state index in [9.17, 15) is 4.39 Å². The minimum Gasteiger partial charge on any atom is -0.388 e. The van der Waals surface area contributed by atoms with Crippen molar-refractivity contribution in [3.05, 3.63) is 59.9 Å². The molecule has 0 saturated carbocycles. The van der Waals surface area contributed by atoms with Crippen LogP contribution in [0, 0.1) is 5.82 Å². The Hall–Kier alpha value is -2.03. The summed E-state index contributed by atoms with van der Waals surface area (Å²) in [6, 6.07) is 15.1. The molecule has 0 aliphatic heterocycles. The van der Waals surface area contributed by atoms with Crippen LogP contribution in [0.3, 0.4) is 0 Å². The van der Waals surface area contributed by atoms with Crippen LogP contribution in [0.1, 0.15) is 5.56 Å². The smallest absolute Gasteiger partial charge is 0.126 e. The average Bonchev–Trinajstić information content (AvgIpc) is 2.46. The van der Waals surface area contributed by atoms with Crippen molar-refractivity contribution in [2.45, 2.75) is 6.42 Å². The van der Waals surface area contributed by atoms with Gasteiger partial charge >= 0.3 is 0 Å². The maximum absolute atomic E-state index is 13.5. The van der Waals surface area contributed by atoms with E-state index in [1.54, 1.807) is 6.07 Å². The summed E-state index contributed by atoms with van der Waals surface area (Å²) in [4.78, 5) is 2.13. The predicted molar refractivity (Wildman–Crippen MR) is 79.4 cm³/mol. The zero-order valence-corrected chi connectivity index (χ0v) is 11.4. The van der Waals surface area contributed by atoms with Crippen molar-refractivity contribution < 1.29 is 4.39 Å². The van der Waals surface area contributed by atoms with E-state index in [0.29, 0.717) is 6.42 Å². The fourth-order valence-corrected chi connectivity index (χ4v) is 2.00. The first-order chi connectivity index (χ1) is 9.20. The number of nitrogens with zero attached hydrogens (tertiary/aromatic N) is 1. The quantitative estimate of drug-likeness (QED) is 0.882. The Morgan fingerprint density at radius 2 is 1.74 bits per heavy atom. The summed E-state index contributed by atoms with van der Waals surface area (Å²) in [5, 5.41) is 3.09. The Morgan fingerprint density at radius 1 is 1.05 bits per heavy atom. The van der Waals surface area contributed by atoms with E-state index >= 15 is 0 Å².